The van der Waals surface area contributed by atoms with Gasteiger partial charge >= 0.3 is 0 Å². The lowest BCUT2D eigenvalue weighted by molar-refractivity contribution is 0.0996. The van der Waals surface area contributed by atoms with Gasteiger partial charge in [0.25, 0.3) is 5.91 Å². The lowest BCUT2D eigenvalue weighted by Crippen LogP contribution is -2.17. The number of ether oxygens (including phenoxy) is 2. The summed E-state index contributed by atoms with van der Waals surface area (Å²) >= 11 is 1.47. The molecule has 4 rings (SSSR count). The Hall–Kier alpha value is -2.54. The number of furan rings is 1. The highest BCUT2D eigenvalue weighted by atomic mass is 32.1. The van der Waals surface area contributed by atoms with Gasteiger partial charge in [0.15, 0.2) is 16.3 Å². The molecule has 1 aliphatic heterocycles. The van der Waals surface area contributed by atoms with E-state index >= 15 is 0 Å². The second-order valence-corrected chi connectivity index (χ2v) is 6.85. The smallest absolute Gasteiger partial charge is 0.283 e. The van der Waals surface area contributed by atoms with Crippen molar-refractivity contribution in [1.82, 2.24) is 4.57 Å². The minimum Gasteiger partial charge on any atom is -0.486 e. The van der Waals surface area contributed by atoms with Crippen LogP contribution in [0.2, 0.25) is 0 Å². The van der Waals surface area contributed by atoms with E-state index in [-0.39, 0.29) is 5.91 Å². The maximum Gasteiger partial charge on any atom is 0.283 e. The molecule has 0 radical (unpaired) electrons. The molecule has 2 aromatic heterocycles. The van der Waals surface area contributed by atoms with Crippen molar-refractivity contribution < 1.29 is 18.7 Å². The number of benzene rings is 1. The summed E-state index contributed by atoms with van der Waals surface area (Å²) < 4.78 is 19.8. The molecular formula is C18H18N2O4S. The third-order valence-corrected chi connectivity index (χ3v) is 5.17. The Kier molecular flexibility index (Phi) is 3.88. The third kappa shape index (κ3) is 2.74. The minimum atomic E-state index is -0.291. The topological polar surface area (TPSA) is 66.0 Å². The molecule has 6 nitrogen and oxygen atoms in total. The molecule has 0 atom stereocenters. The predicted octanol–water partition coefficient (Wildman–Crippen LogP) is 3.44. The average Bonchev–Trinajstić information content (AvgIpc) is 3.10. The number of rotatable bonds is 2. The molecule has 25 heavy (non-hydrogen) atoms. The maximum absolute atomic E-state index is 12.6. The molecule has 0 bridgehead atoms. The van der Waals surface area contributed by atoms with Crippen LogP contribution in [0.15, 0.2) is 27.6 Å². The van der Waals surface area contributed by atoms with Crippen molar-refractivity contribution in [3.63, 3.8) is 0 Å². The van der Waals surface area contributed by atoms with Crippen LogP contribution in [-0.4, -0.2) is 23.7 Å². The molecular weight excluding hydrogens is 340 g/mol. The van der Waals surface area contributed by atoms with Gasteiger partial charge in [0.2, 0.25) is 0 Å². The minimum absolute atomic E-state index is 0.291. The molecule has 1 amide bonds. The number of hydrogen-bond donors (Lipinski definition) is 0. The molecule has 7 heteroatoms. The normalized spacial score (nSPS) is 14.3. The number of amides is 1. The summed E-state index contributed by atoms with van der Waals surface area (Å²) in [5, 5.41) is 0. The van der Waals surface area contributed by atoms with Gasteiger partial charge in [-0.1, -0.05) is 11.3 Å². The lowest BCUT2D eigenvalue weighted by Gasteiger charge is -2.18. The summed E-state index contributed by atoms with van der Waals surface area (Å²) in [6.07, 6.45) is 0. The van der Waals surface area contributed by atoms with E-state index in [0.717, 1.165) is 21.7 Å². The number of thiazole rings is 1. The molecule has 3 aromatic rings. The quantitative estimate of drug-likeness (QED) is 0.704. The van der Waals surface area contributed by atoms with E-state index in [1.165, 1.54) is 11.3 Å². The number of hydrogen-bond acceptors (Lipinski definition) is 5. The average molecular weight is 358 g/mol. The van der Waals surface area contributed by atoms with Gasteiger partial charge in [-0.05, 0) is 26.8 Å². The Morgan fingerprint density at radius 2 is 1.92 bits per heavy atom. The zero-order valence-electron chi connectivity index (χ0n) is 14.3. The molecule has 1 aliphatic rings. The molecule has 0 saturated carbocycles. The van der Waals surface area contributed by atoms with Crippen molar-refractivity contribution >= 4 is 27.5 Å². The summed E-state index contributed by atoms with van der Waals surface area (Å²) in [6.45, 7) is 7.42. The van der Waals surface area contributed by atoms with Gasteiger partial charge in [-0.25, -0.2) is 0 Å². The van der Waals surface area contributed by atoms with Crippen molar-refractivity contribution in [3.8, 4) is 11.5 Å². The van der Waals surface area contributed by atoms with Crippen LogP contribution in [0, 0.1) is 13.8 Å². The predicted molar refractivity (Wildman–Crippen MR) is 94.6 cm³/mol. The van der Waals surface area contributed by atoms with Crippen molar-refractivity contribution in [1.29, 1.82) is 0 Å². The standard InChI is InChI=1S/C18H18N2O4S/c1-4-20-13-8-14-15(23-6-5-22-14)9-16(13)25-18(20)19-17(21)12-7-10(2)24-11(12)3/h7-9H,4-6H2,1-3H3. The van der Waals surface area contributed by atoms with Gasteiger partial charge in [-0.2, -0.15) is 4.99 Å². The fourth-order valence-electron chi connectivity index (χ4n) is 2.99. The van der Waals surface area contributed by atoms with Gasteiger partial charge < -0.3 is 18.5 Å². The highest BCUT2D eigenvalue weighted by molar-refractivity contribution is 7.16. The SMILES string of the molecule is CCn1c(=NC(=O)c2cc(C)oc2C)sc2cc3c(cc21)OCCO3. The monoisotopic (exact) mass is 358 g/mol. The van der Waals surface area contributed by atoms with Crippen LogP contribution < -0.4 is 14.3 Å². The van der Waals surface area contributed by atoms with Crippen LogP contribution in [0.3, 0.4) is 0 Å². The summed E-state index contributed by atoms with van der Waals surface area (Å²) in [5.74, 6) is 2.48. The number of nitrogens with zero attached hydrogens (tertiary/aromatic N) is 2. The first kappa shape index (κ1) is 16.0. The second kappa shape index (κ2) is 6.07. The Balaban J connectivity index is 1.86. The van der Waals surface area contributed by atoms with E-state index in [2.05, 4.69) is 4.99 Å². The molecule has 0 aliphatic carbocycles. The van der Waals surface area contributed by atoms with Gasteiger partial charge in [0.05, 0.1) is 15.8 Å². The molecule has 0 N–H and O–H groups in total. The van der Waals surface area contributed by atoms with Gasteiger partial charge in [-0.3, -0.25) is 4.79 Å². The lowest BCUT2D eigenvalue weighted by atomic mass is 10.2. The van der Waals surface area contributed by atoms with Crippen LogP contribution >= 0.6 is 11.3 Å². The van der Waals surface area contributed by atoms with Crippen LogP contribution in [0.25, 0.3) is 10.2 Å². The molecule has 0 saturated heterocycles. The molecule has 3 heterocycles. The summed E-state index contributed by atoms with van der Waals surface area (Å²) in [4.78, 5) is 17.6. The first-order valence-corrected chi connectivity index (χ1v) is 8.97. The first-order valence-electron chi connectivity index (χ1n) is 8.16. The van der Waals surface area contributed by atoms with Crippen LogP contribution in [0.1, 0.15) is 28.8 Å². The fourth-order valence-corrected chi connectivity index (χ4v) is 4.09. The number of carbonyl (C=O) groups is 1. The molecule has 130 valence electrons. The number of aromatic nitrogens is 1. The van der Waals surface area contributed by atoms with Crippen molar-refractivity contribution in [2.45, 2.75) is 27.3 Å². The highest BCUT2D eigenvalue weighted by Gasteiger charge is 2.17. The summed E-state index contributed by atoms with van der Waals surface area (Å²) in [7, 11) is 0. The van der Waals surface area contributed by atoms with Gasteiger partial charge in [-0.15, -0.1) is 0 Å². The van der Waals surface area contributed by atoms with Crippen molar-refractivity contribution in [2.24, 2.45) is 4.99 Å². The molecule has 0 unspecified atom stereocenters. The second-order valence-electron chi connectivity index (χ2n) is 5.84. The largest absolute Gasteiger partial charge is 0.486 e. The number of carbonyl (C=O) groups excluding carboxylic acids is 1. The van der Waals surface area contributed by atoms with E-state index in [1.807, 2.05) is 30.5 Å². The van der Waals surface area contributed by atoms with Crippen LogP contribution in [0.5, 0.6) is 11.5 Å². The zero-order valence-corrected chi connectivity index (χ0v) is 15.1. The highest BCUT2D eigenvalue weighted by Crippen LogP contribution is 2.35. The number of fused-ring (bicyclic) bond motifs is 2. The van der Waals surface area contributed by atoms with Crippen LogP contribution in [-0.2, 0) is 6.54 Å². The fraction of sp³-hybridized carbons (Fsp3) is 0.333. The maximum atomic E-state index is 12.6. The van der Waals surface area contributed by atoms with Gasteiger partial charge in [0, 0.05) is 18.7 Å². The van der Waals surface area contributed by atoms with E-state index in [1.54, 1.807) is 13.0 Å². The van der Waals surface area contributed by atoms with E-state index in [0.29, 0.717) is 41.6 Å². The Bertz CT molecular complexity index is 1040. The first-order chi connectivity index (χ1) is 12.1. The zero-order chi connectivity index (χ0) is 17.6. The van der Waals surface area contributed by atoms with E-state index in [9.17, 15) is 4.79 Å². The Labute approximate surface area is 148 Å². The molecule has 0 spiro atoms. The summed E-state index contributed by atoms with van der Waals surface area (Å²) in [5.41, 5.74) is 1.49. The third-order valence-electron chi connectivity index (χ3n) is 4.13. The van der Waals surface area contributed by atoms with Gasteiger partial charge in [0.1, 0.15) is 24.7 Å². The number of aryl methyl sites for hydroxylation is 3. The Morgan fingerprint density at radius 1 is 1.20 bits per heavy atom. The van der Waals surface area contributed by atoms with Crippen LogP contribution in [0.4, 0.5) is 0 Å². The molecule has 1 aromatic carbocycles. The molecule has 0 fully saturated rings. The van der Waals surface area contributed by atoms with E-state index in [4.69, 9.17) is 13.9 Å². The Morgan fingerprint density at radius 3 is 2.56 bits per heavy atom. The summed E-state index contributed by atoms with van der Waals surface area (Å²) in [6, 6.07) is 5.64. The van der Waals surface area contributed by atoms with E-state index < -0.39 is 0 Å². The van der Waals surface area contributed by atoms with Crippen molar-refractivity contribution in [3.05, 3.63) is 40.1 Å². The van der Waals surface area contributed by atoms with Crippen molar-refractivity contribution in [2.75, 3.05) is 13.2 Å².